The molecule has 1 amide bonds. The number of hydrogen-bond donors (Lipinski definition) is 1. The van der Waals surface area contributed by atoms with E-state index in [0.29, 0.717) is 12.1 Å². The molecule has 0 bridgehead atoms. The summed E-state index contributed by atoms with van der Waals surface area (Å²) in [5.41, 5.74) is 0.400. The Kier molecular flexibility index (Phi) is 4.32. The molecule has 1 N–H and O–H groups in total. The van der Waals surface area contributed by atoms with Gasteiger partial charge in [0.05, 0.1) is 11.3 Å². The Morgan fingerprint density at radius 2 is 2.29 bits per heavy atom. The first-order valence-corrected chi connectivity index (χ1v) is 6.49. The van der Waals surface area contributed by atoms with Crippen molar-refractivity contribution in [1.29, 1.82) is 0 Å². The van der Waals surface area contributed by atoms with Crippen LogP contribution in [0.2, 0.25) is 0 Å². The summed E-state index contributed by atoms with van der Waals surface area (Å²) in [5, 5.41) is 13.9. The van der Waals surface area contributed by atoms with E-state index in [1.165, 1.54) is 6.07 Å². The van der Waals surface area contributed by atoms with Gasteiger partial charge in [-0.2, -0.15) is 0 Å². The highest BCUT2D eigenvalue weighted by atomic mass is 16.6. The zero-order valence-corrected chi connectivity index (χ0v) is 11.8. The van der Waals surface area contributed by atoms with E-state index in [4.69, 9.17) is 0 Å². The summed E-state index contributed by atoms with van der Waals surface area (Å²) >= 11 is 0. The summed E-state index contributed by atoms with van der Waals surface area (Å²) in [7, 11) is 0. The fourth-order valence-corrected chi connectivity index (χ4v) is 2.14. The third-order valence-electron chi connectivity index (χ3n) is 3.09. The minimum Gasteiger partial charge on any atom is -0.348 e. The van der Waals surface area contributed by atoms with Gasteiger partial charge in [0.15, 0.2) is 0 Å². The minimum absolute atomic E-state index is 0.0810. The van der Waals surface area contributed by atoms with Crippen molar-refractivity contribution in [3.8, 4) is 0 Å². The lowest BCUT2D eigenvalue weighted by molar-refractivity contribution is -0.385. The number of para-hydroxylation sites is 1. The predicted molar refractivity (Wildman–Crippen MR) is 77.0 cm³/mol. The molecule has 2 aromatic rings. The van der Waals surface area contributed by atoms with Crippen LogP contribution in [0, 0.1) is 17.0 Å². The number of nitrogens with zero attached hydrogens (tertiary/aromatic N) is 3. The summed E-state index contributed by atoms with van der Waals surface area (Å²) in [6.07, 6.45) is 5.09. The standard InChI is InChI=1S/C14H16N4O3/c1-10-4-3-5-12(13(10)18(20)21)14(19)16-11(2)8-17-7-6-15-9-17/h3-7,9,11H,8H2,1-2H3,(H,16,19). The Morgan fingerprint density at radius 3 is 2.90 bits per heavy atom. The molecule has 1 unspecified atom stereocenters. The highest BCUT2D eigenvalue weighted by Gasteiger charge is 2.23. The third kappa shape index (κ3) is 3.44. The van der Waals surface area contributed by atoms with Crippen molar-refractivity contribution in [3.63, 3.8) is 0 Å². The smallest absolute Gasteiger partial charge is 0.285 e. The lowest BCUT2D eigenvalue weighted by Gasteiger charge is -2.14. The van der Waals surface area contributed by atoms with Crippen molar-refractivity contribution in [2.45, 2.75) is 26.4 Å². The fraction of sp³-hybridized carbons (Fsp3) is 0.286. The maximum absolute atomic E-state index is 12.2. The molecule has 1 aromatic heterocycles. The third-order valence-corrected chi connectivity index (χ3v) is 3.09. The Bertz CT molecular complexity index is 652. The van der Waals surface area contributed by atoms with E-state index in [0.717, 1.165) is 0 Å². The zero-order valence-electron chi connectivity index (χ0n) is 11.8. The first kappa shape index (κ1) is 14.7. The Morgan fingerprint density at radius 1 is 1.52 bits per heavy atom. The van der Waals surface area contributed by atoms with Crippen LogP contribution >= 0.6 is 0 Å². The molecule has 1 heterocycles. The Labute approximate surface area is 121 Å². The highest BCUT2D eigenvalue weighted by molar-refractivity contribution is 5.98. The minimum atomic E-state index is -0.523. The molecule has 110 valence electrons. The van der Waals surface area contributed by atoms with Crippen LogP contribution in [0.25, 0.3) is 0 Å². The molecule has 1 atom stereocenters. The number of imidazole rings is 1. The summed E-state index contributed by atoms with van der Waals surface area (Å²) in [6, 6.07) is 4.54. The van der Waals surface area contributed by atoms with Gasteiger partial charge in [-0.25, -0.2) is 4.98 Å². The van der Waals surface area contributed by atoms with Gasteiger partial charge in [0.1, 0.15) is 5.56 Å². The Hall–Kier alpha value is -2.70. The number of aryl methyl sites for hydroxylation is 1. The topological polar surface area (TPSA) is 90.1 Å². The largest absolute Gasteiger partial charge is 0.348 e. The lowest BCUT2D eigenvalue weighted by Crippen LogP contribution is -2.35. The summed E-state index contributed by atoms with van der Waals surface area (Å²) < 4.78 is 1.83. The van der Waals surface area contributed by atoms with Gasteiger partial charge in [-0.1, -0.05) is 12.1 Å². The molecule has 0 aliphatic heterocycles. The first-order chi connectivity index (χ1) is 9.99. The van der Waals surface area contributed by atoms with Crippen molar-refractivity contribution in [3.05, 3.63) is 58.2 Å². The molecule has 0 fully saturated rings. The number of rotatable bonds is 5. The SMILES string of the molecule is Cc1cccc(C(=O)NC(C)Cn2ccnc2)c1[N+](=O)[O-]. The maximum Gasteiger partial charge on any atom is 0.285 e. The van der Waals surface area contributed by atoms with Crippen LogP contribution < -0.4 is 5.32 Å². The van der Waals surface area contributed by atoms with E-state index in [1.807, 2.05) is 11.5 Å². The first-order valence-electron chi connectivity index (χ1n) is 6.49. The van der Waals surface area contributed by atoms with Crippen LogP contribution in [-0.2, 0) is 6.54 Å². The molecule has 21 heavy (non-hydrogen) atoms. The van der Waals surface area contributed by atoms with Crippen LogP contribution in [0.5, 0.6) is 0 Å². The summed E-state index contributed by atoms with van der Waals surface area (Å²) in [4.78, 5) is 26.7. The quantitative estimate of drug-likeness (QED) is 0.672. The van der Waals surface area contributed by atoms with Crippen LogP contribution in [0.1, 0.15) is 22.8 Å². The second-order valence-corrected chi connectivity index (χ2v) is 4.86. The van der Waals surface area contributed by atoms with Gasteiger partial charge in [-0.15, -0.1) is 0 Å². The van der Waals surface area contributed by atoms with Crippen molar-refractivity contribution in [2.24, 2.45) is 0 Å². The molecule has 0 saturated carbocycles. The number of carbonyl (C=O) groups is 1. The maximum atomic E-state index is 12.2. The van der Waals surface area contributed by atoms with Crippen molar-refractivity contribution in [2.75, 3.05) is 0 Å². The number of hydrogen-bond acceptors (Lipinski definition) is 4. The fourth-order valence-electron chi connectivity index (χ4n) is 2.14. The number of carbonyl (C=O) groups excluding carboxylic acids is 1. The van der Waals surface area contributed by atoms with E-state index in [-0.39, 0.29) is 17.3 Å². The number of nitrogens with one attached hydrogen (secondary N) is 1. The van der Waals surface area contributed by atoms with Gasteiger partial charge in [0, 0.05) is 30.5 Å². The molecule has 0 spiro atoms. The highest BCUT2D eigenvalue weighted by Crippen LogP contribution is 2.22. The number of aromatic nitrogens is 2. The lowest BCUT2D eigenvalue weighted by atomic mass is 10.1. The van der Waals surface area contributed by atoms with Crippen molar-refractivity contribution < 1.29 is 9.72 Å². The molecule has 0 aliphatic carbocycles. The monoisotopic (exact) mass is 288 g/mol. The number of nitro benzene ring substituents is 1. The van der Waals surface area contributed by atoms with E-state index in [9.17, 15) is 14.9 Å². The molecular weight excluding hydrogens is 272 g/mol. The summed E-state index contributed by atoms with van der Waals surface area (Å²) in [5.74, 6) is -0.446. The van der Waals surface area contributed by atoms with Crippen molar-refractivity contribution >= 4 is 11.6 Å². The van der Waals surface area contributed by atoms with Gasteiger partial charge in [-0.05, 0) is 19.9 Å². The second-order valence-electron chi connectivity index (χ2n) is 4.86. The average Bonchev–Trinajstić information content (AvgIpc) is 2.90. The normalized spacial score (nSPS) is 11.9. The van der Waals surface area contributed by atoms with E-state index in [2.05, 4.69) is 10.3 Å². The molecule has 1 aromatic carbocycles. The van der Waals surface area contributed by atoms with Crippen molar-refractivity contribution in [1.82, 2.24) is 14.9 Å². The van der Waals surface area contributed by atoms with Crippen LogP contribution in [-0.4, -0.2) is 26.4 Å². The van der Waals surface area contributed by atoms with Crippen LogP contribution in [0.15, 0.2) is 36.9 Å². The Balaban J connectivity index is 2.13. The molecular formula is C14H16N4O3. The van der Waals surface area contributed by atoms with Gasteiger partial charge >= 0.3 is 0 Å². The molecule has 0 saturated heterocycles. The molecule has 0 aliphatic rings. The van der Waals surface area contributed by atoms with E-state index in [1.54, 1.807) is 37.8 Å². The number of amides is 1. The van der Waals surface area contributed by atoms with E-state index >= 15 is 0 Å². The number of benzene rings is 1. The van der Waals surface area contributed by atoms with E-state index < -0.39 is 10.8 Å². The van der Waals surface area contributed by atoms with Gasteiger partial charge in [0.25, 0.3) is 11.6 Å². The zero-order chi connectivity index (χ0) is 15.4. The molecule has 7 heteroatoms. The number of nitro groups is 1. The average molecular weight is 288 g/mol. The second kappa shape index (κ2) is 6.17. The predicted octanol–water partition coefficient (Wildman–Crippen LogP) is 1.92. The molecule has 2 rings (SSSR count). The van der Waals surface area contributed by atoms with Crippen LogP contribution in [0.4, 0.5) is 5.69 Å². The summed E-state index contributed by atoms with van der Waals surface area (Å²) in [6.45, 7) is 3.99. The van der Waals surface area contributed by atoms with Gasteiger partial charge in [-0.3, -0.25) is 14.9 Å². The van der Waals surface area contributed by atoms with Crippen LogP contribution in [0.3, 0.4) is 0 Å². The molecule has 0 radical (unpaired) electrons. The van der Waals surface area contributed by atoms with Gasteiger partial charge < -0.3 is 9.88 Å². The van der Waals surface area contributed by atoms with Gasteiger partial charge in [0.2, 0.25) is 0 Å². The molecule has 7 nitrogen and oxygen atoms in total.